The predicted molar refractivity (Wildman–Crippen MR) is 91.6 cm³/mol. The molecule has 0 spiro atoms. The first-order chi connectivity index (χ1) is 11.1. The van der Waals surface area contributed by atoms with Gasteiger partial charge in [-0.2, -0.15) is 0 Å². The summed E-state index contributed by atoms with van der Waals surface area (Å²) in [6, 6.07) is 0. The van der Waals surface area contributed by atoms with Crippen LogP contribution in [0.25, 0.3) is 10.2 Å². The molecule has 0 aromatic carbocycles. The van der Waals surface area contributed by atoms with Crippen molar-refractivity contribution in [1.29, 1.82) is 0 Å². The number of thiophene rings is 1. The number of nitrogens with zero attached hydrogens (tertiary/aromatic N) is 3. The number of aromatic nitrogens is 2. The lowest BCUT2D eigenvalue weighted by atomic mass is 9.97. The maximum Gasteiger partial charge on any atom is 0.262 e. The molecule has 2 N–H and O–H groups in total. The van der Waals surface area contributed by atoms with Gasteiger partial charge in [-0.15, -0.1) is 11.3 Å². The second-order valence-corrected chi connectivity index (χ2v) is 7.10. The highest BCUT2D eigenvalue weighted by atomic mass is 32.1. The molecule has 2 aromatic rings. The second kappa shape index (κ2) is 6.80. The van der Waals surface area contributed by atoms with Gasteiger partial charge in [0.25, 0.3) is 5.56 Å². The number of rotatable bonds is 5. The Morgan fingerprint density at radius 3 is 3.09 bits per heavy atom. The van der Waals surface area contributed by atoms with E-state index in [0.29, 0.717) is 6.54 Å². The van der Waals surface area contributed by atoms with Crippen molar-refractivity contribution >= 4 is 27.5 Å². The molecule has 1 amide bonds. The minimum atomic E-state index is -0.200. The van der Waals surface area contributed by atoms with E-state index in [0.717, 1.165) is 54.7 Å². The highest BCUT2D eigenvalue weighted by Gasteiger charge is 2.23. The smallest absolute Gasteiger partial charge is 0.262 e. The third-order valence-corrected chi connectivity index (χ3v) is 5.53. The third kappa shape index (κ3) is 3.45. The second-order valence-electron chi connectivity index (χ2n) is 6.24. The van der Waals surface area contributed by atoms with Crippen LogP contribution >= 0.6 is 11.3 Å². The first-order valence-electron chi connectivity index (χ1n) is 8.01. The van der Waals surface area contributed by atoms with Crippen LogP contribution in [0.1, 0.15) is 24.8 Å². The molecule has 0 saturated carbocycles. The molecule has 0 unspecified atom stereocenters. The van der Waals surface area contributed by atoms with E-state index in [1.165, 1.54) is 11.3 Å². The van der Waals surface area contributed by atoms with Gasteiger partial charge in [-0.05, 0) is 50.2 Å². The number of likely N-dealkylation sites (tertiary alicyclic amines) is 1. The zero-order valence-electron chi connectivity index (χ0n) is 13.3. The van der Waals surface area contributed by atoms with Gasteiger partial charge in [0, 0.05) is 13.1 Å². The van der Waals surface area contributed by atoms with Gasteiger partial charge in [0.05, 0.1) is 17.6 Å². The van der Waals surface area contributed by atoms with Gasteiger partial charge in [0.1, 0.15) is 4.83 Å². The minimum absolute atomic E-state index is 0.0297. The average Bonchev–Trinajstić information content (AvgIpc) is 2.92. The van der Waals surface area contributed by atoms with E-state index in [-0.39, 0.29) is 17.4 Å². The molecule has 3 heterocycles. The predicted octanol–water partition coefficient (Wildman–Crippen LogP) is 1.35. The summed E-state index contributed by atoms with van der Waals surface area (Å²) in [5, 5.41) is 2.71. The molecule has 0 bridgehead atoms. The molecular weight excluding hydrogens is 312 g/mol. The summed E-state index contributed by atoms with van der Waals surface area (Å²) in [6.45, 7) is 5.21. The van der Waals surface area contributed by atoms with E-state index >= 15 is 0 Å². The Morgan fingerprint density at radius 2 is 2.30 bits per heavy atom. The molecule has 1 aliphatic rings. The summed E-state index contributed by atoms with van der Waals surface area (Å²) in [5.41, 5.74) is 6.45. The van der Waals surface area contributed by atoms with Crippen molar-refractivity contribution in [3.8, 4) is 0 Å². The van der Waals surface area contributed by atoms with Crippen molar-refractivity contribution in [1.82, 2.24) is 14.5 Å². The molecule has 1 aliphatic heterocycles. The fraction of sp³-hybridized carbons (Fsp3) is 0.562. The summed E-state index contributed by atoms with van der Waals surface area (Å²) < 4.78 is 1.69. The van der Waals surface area contributed by atoms with E-state index in [2.05, 4.69) is 9.88 Å². The van der Waals surface area contributed by atoms with Gasteiger partial charge in [0.15, 0.2) is 0 Å². The van der Waals surface area contributed by atoms with Crippen molar-refractivity contribution in [2.75, 3.05) is 19.6 Å². The topological polar surface area (TPSA) is 81.2 Å². The lowest BCUT2D eigenvalue weighted by Crippen LogP contribution is -2.41. The van der Waals surface area contributed by atoms with Crippen LogP contribution in [0.4, 0.5) is 0 Å². The molecule has 1 fully saturated rings. The monoisotopic (exact) mass is 334 g/mol. The molecule has 3 rings (SSSR count). The quantitative estimate of drug-likeness (QED) is 0.895. The largest absolute Gasteiger partial charge is 0.369 e. The number of aryl methyl sites for hydroxylation is 2. The highest BCUT2D eigenvalue weighted by Crippen LogP contribution is 2.19. The number of piperidine rings is 1. The number of nitrogens with two attached hydrogens (primary N) is 1. The van der Waals surface area contributed by atoms with Gasteiger partial charge in [0.2, 0.25) is 5.91 Å². The highest BCUT2D eigenvalue weighted by molar-refractivity contribution is 7.16. The number of fused-ring (bicyclic) bond motifs is 1. The number of hydrogen-bond acceptors (Lipinski definition) is 5. The van der Waals surface area contributed by atoms with Crippen molar-refractivity contribution in [3.63, 3.8) is 0 Å². The van der Waals surface area contributed by atoms with E-state index in [4.69, 9.17) is 5.73 Å². The number of hydrogen-bond donors (Lipinski definition) is 1. The Balaban J connectivity index is 1.61. The SMILES string of the molecule is Cc1csc2ncn(CCCN3CCC[C@H](C(N)=O)C3)c(=O)c12. The van der Waals surface area contributed by atoms with Crippen LogP contribution in [0, 0.1) is 12.8 Å². The average molecular weight is 334 g/mol. The van der Waals surface area contributed by atoms with Crippen LogP contribution in [0.3, 0.4) is 0 Å². The normalized spacial score (nSPS) is 19.3. The van der Waals surface area contributed by atoms with Gasteiger partial charge in [-0.1, -0.05) is 0 Å². The molecule has 23 heavy (non-hydrogen) atoms. The Morgan fingerprint density at radius 1 is 1.48 bits per heavy atom. The number of amides is 1. The molecular formula is C16H22N4O2S. The first kappa shape index (κ1) is 16.1. The Labute approximate surface area is 138 Å². The van der Waals surface area contributed by atoms with Crippen molar-refractivity contribution in [3.05, 3.63) is 27.6 Å². The molecule has 124 valence electrons. The maximum atomic E-state index is 12.5. The van der Waals surface area contributed by atoms with Crippen LogP contribution < -0.4 is 11.3 Å². The summed E-state index contributed by atoms with van der Waals surface area (Å²) in [7, 11) is 0. The molecule has 2 aromatic heterocycles. The van der Waals surface area contributed by atoms with E-state index < -0.39 is 0 Å². The van der Waals surface area contributed by atoms with E-state index in [1.54, 1.807) is 10.9 Å². The molecule has 6 nitrogen and oxygen atoms in total. The fourth-order valence-corrected chi connectivity index (χ4v) is 4.10. The van der Waals surface area contributed by atoms with Crippen molar-refractivity contribution in [2.24, 2.45) is 11.7 Å². The molecule has 0 radical (unpaired) electrons. The number of primary amides is 1. The van der Waals surface area contributed by atoms with E-state index in [1.807, 2.05) is 12.3 Å². The van der Waals surface area contributed by atoms with Crippen LogP contribution in [0.2, 0.25) is 0 Å². The zero-order valence-corrected chi connectivity index (χ0v) is 14.1. The first-order valence-corrected chi connectivity index (χ1v) is 8.89. The number of carbonyl (C=O) groups is 1. The summed E-state index contributed by atoms with van der Waals surface area (Å²) in [5.74, 6) is -0.230. The third-order valence-electron chi connectivity index (χ3n) is 4.53. The lowest BCUT2D eigenvalue weighted by Gasteiger charge is -2.31. The van der Waals surface area contributed by atoms with Crippen molar-refractivity contribution < 1.29 is 4.79 Å². The van der Waals surface area contributed by atoms with Gasteiger partial charge in [-0.25, -0.2) is 4.98 Å². The van der Waals surface area contributed by atoms with Crippen LogP contribution in [-0.2, 0) is 11.3 Å². The van der Waals surface area contributed by atoms with Gasteiger partial charge < -0.3 is 10.6 Å². The van der Waals surface area contributed by atoms with Crippen LogP contribution in [0.15, 0.2) is 16.5 Å². The molecule has 0 aliphatic carbocycles. The van der Waals surface area contributed by atoms with Crippen molar-refractivity contribution in [2.45, 2.75) is 32.7 Å². The molecule has 1 atom stereocenters. The number of carbonyl (C=O) groups excluding carboxylic acids is 1. The van der Waals surface area contributed by atoms with Gasteiger partial charge in [-0.3, -0.25) is 14.2 Å². The molecule has 1 saturated heterocycles. The summed E-state index contributed by atoms with van der Waals surface area (Å²) in [4.78, 5) is 31.3. The fourth-order valence-electron chi connectivity index (χ4n) is 3.22. The maximum absolute atomic E-state index is 12.5. The molecule has 7 heteroatoms. The Hall–Kier alpha value is -1.73. The van der Waals surface area contributed by atoms with Crippen LogP contribution in [0.5, 0.6) is 0 Å². The van der Waals surface area contributed by atoms with Gasteiger partial charge >= 0.3 is 0 Å². The summed E-state index contributed by atoms with van der Waals surface area (Å²) in [6.07, 6.45) is 4.41. The summed E-state index contributed by atoms with van der Waals surface area (Å²) >= 11 is 1.51. The minimum Gasteiger partial charge on any atom is -0.369 e. The lowest BCUT2D eigenvalue weighted by molar-refractivity contribution is -0.123. The van der Waals surface area contributed by atoms with Crippen LogP contribution in [-0.4, -0.2) is 40.0 Å². The zero-order chi connectivity index (χ0) is 16.4. The Kier molecular flexibility index (Phi) is 4.77. The van der Waals surface area contributed by atoms with E-state index in [9.17, 15) is 9.59 Å². The standard InChI is InChI=1S/C16H22N4O2S/c1-11-9-23-15-13(11)16(22)20(10-18-15)7-3-6-19-5-2-4-12(8-19)14(17)21/h9-10,12H,2-8H2,1H3,(H2,17,21)/t12-/m0/s1. The Bertz CT molecular complexity index is 767.